The monoisotopic (exact) mass is 380 g/mol. The number of nitrogens with one attached hydrogen (secondary N) is 1. The summed E-state index contributed by atoms with van der Waals surface area (Å²) >= 11 is 5.49. The number of ether oxygens (including phenoxy) is 1. The summed E-state index contributed by atoms with van der Waals surface area (Å²) in [6, 6.07) is 17.7. The number of rotatable bonds is 6. The van der Waals surface area contributed by atoms with Crippen molar-refractivity contribution in [2.45, 2.75) is 33.4 Å². The number of thiocarbonyl (C=S) groups is 1. The van der Waals surface area contributed by atoms with Gasteiger partial charge in [-0.25, -0.2) is 0 Å². The van der Waals surface area contributed by atoms with E-state index in [1.807, 2.05) is 73.3 Å². The second-order valence-corrected chi connectivity index (χ2v) is 6.91. The zero-order valence-electron chi connectivity index (χ0n) is 15.9. The summed E-state index contributed by atoms with van der Waals surface area (Å²) in [6.45, 7) is 6.84. The first-order valence-electron chi connectivity index (χ1n) is 9.07. The summed E-state index contributed by atoms with van der Waals surface area (Å²) in [5.41, 5.74) is 3.79. The summed E-state index contributed by atoms with van der Waals surface area (Å²) < 4.78 is 5.85. The van der Waals surface area contributed by atoms with E-state index in [4.69, 9.17) is 17.0 Å². The molecular formula is C22H24N2O2S. The Hall–Kier alpha value is -2.66. The van der Waals surface area contributed by atoms with Crippen LogP contribution < -0.4 is 10.1 Å². The third-order valence-corrected chi connectivity index (χ3v) is 5.09. The Morgan fingerprint density at radius 1 is 1.15 bits per heavy atom. The van der Waals surface area contributed by atoms with Crippen LogP contribution in [0.15, 0.2) is 65.9 Å². The molecule has 1 unspecified atom stereocenters. The molecule has 5 heteroatoms. The van der Waals surface area contributed by atoms with Gasteiger partial charge < -0.3 is 15.0 Å². The van der Waals surface area contributed by atoms with E-state index in [0.717, 1.165) is 34.7 Å². The molecule has 0 bridgehead atoms. The number of carbonyl (C=O) groups is 1. The van der Waals surface area contributed by atoms with Crippen LogP contribution in [0.1, 0.15) is 37.9 Å². The predicted molar refractivity (Wildman–Crippen MR) is 111 cm³/mol. The first-order valence-corrected chi connectivity index (χ1v) is 9.48. The minimum absolute atomic E-state index is 0.0513. The molecule has 0 saturated heterocycles. The van der Waals surface area contributed by atoms with Crippen molar-refractivity contribution in [2.75, 3.05) is 6.54 Å². The standard InChI is InChI=1S/C22H24N2O2S/c1-4-24-15(2)20(16(3)25)21(23-22(24)27)18-10-12-19(13-11-18)26-14-17-8-6-5-7-9-17/h5-13,21H,4,14H2,1-3H3,(H,23,27). The fraction of sp³-hybridized carbons (Fsp3) is 0.273. The van der Waals surface area contributed by atoms with Gasteiger partial charge in [-0.05, 0) is 56.2 Å². The number of allylic oxidation sites excluding steroid dienone is 1. The molecule has 27 heavy (non-hydrogen) atoms. The minimum atomic E-state index is -0.235. The zero-order chi connectivity index (χ0) is 19.4. The van der Waals surface area contributed by atoms with Crippen LogP contribution in [0.2, 0.25) is 0 Å². The van der Waals surface area contributed by atoms with Crippen molar-refractivity contribution in [1.82, 2.24) is 10.2 Å². The minimum Gasteiger partial charge on any atom is -0.489 e. The molecule has 140 valence electrons. The van der Waals surface area contributed by atoms with E-state index in [1.165, 1.54) is 0 Å². The molecular weight excluding hydrogens is 356 g/mol. The van der Waals surface area contributed by atoms with Gasteiger partial charge >= 0.3 is 0 Å². The van der Waals surface area contributed by atoms with Crippen LogP contribution in [-0.4, -0.2) is 22.3 Å². The topological polar surface area (TPSA) is 41.6 Å². The van der Waals surface area contributed by atoms with Crippen molar-refractivity contribution in [2.24, 2.45) is 0 Å². The normalized spacial score (nSPS) is 16.9. The third-order valence-electron chi connectivity index (χ3n) is 4.75. The van der Waals surface area contributed by atoms with E-state index >= 15 is 0 Å². The lowest BCUT2D eigenvalue weighted by atomic mass is 9.92. The van der Waals surface area contributed by atoms with Crippen LogP contribution in [0.4, 0.5) is 0 Å². The van der Waals surface area contributed by atoms with E-state index in [-0.39, 0.29) is 11.8 Å². The molecule has 0 fully saturated rings. The van der Waals surface area contributed by atoms with Crippen LogP contribution in [0, 0.1) is 0 Å². The van der Waals surface area contributed by atoms with Crippen molar-refractivity contribution < 1.29 is 9.53 Å². The fourth-order valence-corrected chi connectivity index (χ4v) is 3.75. The molecule has 1 heterocycles. The third kappa shape index (κ3) is 4.19. The van der Waals surface area contributed by atoms with Crippen molar-refractivity contribution in [3.05, 3.63) is 77.0 Å². The predicted octanol–water partition coefficient (Wildman–Crippen LogP) is 4.38. The Balaban J connectivity index is 1.80. The van der Waals surface area contributed by atoms with Crippen LogP contribution in [0.3, 0.4) is 0 Å². The molecule has 1 atom stereocenters. The summed E-state index contributed by atoms with van der Waals surface area (Å²) in [6.07, 6.45) is 0. The van der Waals surface area contributed by atoms with Crippen LogP contribution in [0.25, 0.3) is 0 Å². The molecule has 0 spiro atoms. The van der Waals surface area contributed by atoms with Gasteiger partial charge in [-0.2, -0.15) is 0 Å². The van der Waals surface area contributed by atoms with Gasteiger partial charge in [0.05, 0.1) is 6.04 Å². The highest BCUT2D eigenvalue weighted by atomic mass is 32.1. The number of ketones is 1. The smallest absolute Gasteiger partial charge is 0.173 e. The lowest BCUT2D eigenvalue weighted by Crippen LogP contribution is -2.47. The van der Waals surface area contributed by atoms with Crippen LogP contribution in [0.5, 0.6) is 5.75 Å². The van der Waals surface area contributed by atoms with Gasteiger partial charge in [-0.3, -0.25) is 4.79 Å². The van der Waals surface area contributed by atoms with E-state index in [0.29, 0.717) is 11.7 Å². The van der Waals surface area contributed by atoms with Crippen molar-refractivity contribution in [3.8, 4) is 5.75 Å². The Labute approximate surface area is 165 Å². The maximum absolute atomic E-state index is 12.3. The summed E-state index contributed by atoms with van der Waals surface area (Å²) in [5.74, 6) is 0.844. The summed E-state index contributed by atoms with van der Waals surface area (Å²) in [5, 5.41) is 3.96. The van der Waals surface area contributed by atoms with Crippen molar-refractivity contribution in [1.29, 1.82) is 0 Å². The number of nitrogens with zero attached hydrogens (tertiary/aromatic N) is 1. The molecule has 1 N–H and O–H groups in total. The van der Waals surface area contributed by atoms with E-state index in [1.54, 1.807) is 6.92 Å². The van der Waals surface area contributed by atoms with Crippen molar-refractivity contribution in [3.63, 3.8) is 0 Å². The fourth-order valence-electron chi connectivity index (χ4n) is 3.37. The van der Waals surface area contributed by atoms with Gasteiger partial charge in [0.1, 0.15) is 12.4 Å². The van der Waals surface area contributed by atoms with Crippen LogP contribution >= 0.6 is 12.2 Å². The average Bonchev–Trinajstić information content (AvgIpc) is 2.67. The van der Waals surface area contributed by atoms with Gasteiger partial charge in [0.25, 0.3) is 0 Å². The second kappa shape index (κ2) is 8.35. The maximum atomic E-state index is 12.3. The zero-order valence-corrected chi connectivity index (χ0v) is 16.7. The van der Waals surface area contributed by atoms with E-state index in [9.17, 15) is 4.79 Å². The molecule has 0 amide bonds. The highest BCUT2D eigenvalue weighted by Crippen LogP contribution is 2.31. The SMILES string of the molecule is CCN1C(=S)NC(c2ccc(OCc3ccccc3)cc2)C(C(C)=O)=C1C. The number of hydrogen-bond donors (Lipinski definition) is 1. The quantitative estimate of drug-likeness (QED) is 0.753. The molecule has 4 nitrogen and oxygen atoms in total. The summed E-state index contributed by atoms with van der Waals surface area (Å²) in [7, 11) is 0. The molecule has 2 aromatic carbocycles. The molecule has 0 saturated carbocycles. The first kappa shape index (κ1) is 19.1. The largest absolute Gasteiger partial charge is 0.489 e. The van der Waals surface area contributed by atoms with Crippen molar-refractivity contribution >= 4 is 23.1 Å². The highest BCUT2D eigenvalue weighted by Gasteiger charge is 2.31. The molecule has 1 aliphatic rings. The average molecular weight is 381 g/mol. The molecule has 0 aliphatic carbocycles. The van der Waals surface area contributed by atoms with Gasteiger partial charge in [0.15, 0.2) is 10.9 Å². The molecule has 0 radical (unpaired) electrons. The van der Waals surface area contributed by atoms with Gasteiger partial charge in [0, 0.05) is 17.8 Å². The lowest BCUT2D eigenvalue weighted by Gasteiger charge is -2.37. The van der Waals surface area contributed by atoms with Gasteiger partial charge in [-0.1, -0.05) is 42.5 Å². The second-order valence-electron chi connectivity index (χ2n) is 6.53. The molecule has 0 aromatic heterocycles. The number of Topliss-reactive ketones (excluding diaryl/α,β-unsaturated/α-hetero) is 1. The molecule has 3 rings (SSSR count). The highest BCUT2D eigenvalue weighted by molar-refractivity contribution is 7.80. The molecule has 2 aromatic rings. The Morgan fingerprint density at radius 3 is 2.41 bits per heavy atom. The Morgan fingerprint density at radius 2 is 1.81 bits per heavy atom. The lowest BCUT2D eigenvalue weighted by molar-refractivity contribution is -0.114. The van der Waals surface area contributed by atoms with Crippen LogP contribution in [-0.2, 0) is 11.4 Å². The Kier molecular flexibility index (Phi) is 5.91. The number of benzene rings is 2. The van der Waals surface area contributed by atoms with Gasteiger partial charge in [0.2, 0.25) is 0 Å². The molecule has 1 aliphatic heterocycles. The summed E-state index contributed by atoms with van der Waals surface area (Å²) in [4.78, 5) is 14.3. The van der Waals surface area contributed by atoms with E-state index < -0.39 is 0 Å². The number of carbonyl (C=O) groups excluding carboxylic acids is 1. The van der Waals surface area contributed by atoms with E-state index in [2.05, 4.69) is 5.32 Å². The maximum Gasteiger partial charge on any atom is 0.173 e. The van der Waals surface area contributed by atoms with Gasteiger partial charge in [-0.15, -0.1) is 0 Å². The Bertz CT molecular complexity index is 860. The first-order chi connectivity index (χ1) is 13.0. The number of hydrogen-bond acceptors (Lipinski definition) is 3.